The Morgan fingerprint density at radius 1 is 1.53 bits per heavy atom. The topological polar surface area (TPSA) is 49.5 Å². The molecule has 0 bridgehead atoms. The van der Waals surface area contributed by atoms with Crippen LogP contribution in [0, 0.1) is 5.82 Å². The summed E-state index contributed by atoms with van der Waals surface area (Å²) in [6.45, 7) is 4.35. The van der Waals surface area contributed by atoms with Crippen LogP contribution in [-0.4, -0.2) is 29.8 Å². The Morgan fingerprint density at radius 2 is 2.24 bits per heavy atom. The van der Waals surface area contributed by atoms with Crippen molar-refractivity contribution >= 4 is 5.69 Å². The SMILES string of the molecule is CC(C)N1c2ccc(F)cc2CC1C(O)CN. The van der Waals surface area contributed by atoms with Crippen molar-refractivity contribution in [3.8, 4) is 0 Å². The highest BCUT2D eigenvalue weighted by molar-refractivity contribution is 5.60. The zero-order chi connectivity index (χ0) is 12.6. The first kappa shape index (κ1) is 12.3. The molecule has 0 saturated heterocycles. The number of aliphatic hydroxyl groups excluding tert-OH is 1. The van der Waals surface area contributed by atoms with Gasteiger partial charge in [-0.05, 0) is 44.0 Å². The highest BCUT2D eigenvalue weighted by Gasteiger charge is 2.35. The summed E-state index contributed by atoms with van der Waals surface area (Å²) in [4.78, 5) is 2.13. The number of fused-ring (bicyclic) bond motifs is 1. The molecule has 0 spiro atoms. The van der Waals surface area contributed by atoms with E-state index < -0.39 is 6.10 Å². The molecule has 1 aliphatic rings. The third-order valence-corrected chi connectivity index (χ3v) is 3.35. The second kappa shape index (κ2) is 4.63. The van der Waals surface area contributed by atoms with Gasteiger partial charge >= 0.3 is 0 Å². The first-order valence-corrected chi connectivity index (χ1v) is 5.99. The molecule has 2 unspecified atom stereocenters. The molecule has 0 aromatic heterocycles. The van der Waals surface area contributed by atoms with E-state index in [4.69, 9.17) is 5.73 Å². The van der Waals surface area contributed by atoms with E-state index in [-0.39, 0.29) is 24.4 Å². The molecule has 0 saturated carbocycles. The Morgan fingerprint density at radius 3 is 2.82 bits per heavy atom. The molecule has 3 N–H and O–H groups in total. The summed E-state index contributed by atoms with van der Waals surface area (Å²) in [7, 11) is 0. The van der Waals surface area contributed by atoms with Gasteiger partial charge < -0.3 is 15.7 Å². The van der Waals surface area contributed by atoms with Crippen molar-refractivity contribution in [3.05, 3.63) is 29.6 Å². The predicted octanol–water partition coefficient (Wildman–Crippen LogP) is 1.28. The van der Waals surface area contributed by atoms with Crippen LogP contribution in [-0.2, 0) is 6.42 Å². The van der Waals surface area contributed by atoms with Gasteiger partial charge in [0.25, 0.3) is 0 Å². The number of halogens is 1. The van der Waals surface area contributed by atoms with Crippen molar-refractivity contribution in [2.24, 2.45) is 5.73 Å². The normalized spacial score (nSPS) is 20.8. The summed E-state index contributed by atoms with van der Waals surface area (Å²) in [6, 6.07) is 5.01. The molecule has 1 aliphatic heterocycles. The Balaban J connectivity index is 2.37. The Labute approximate surface area is 101 Å². The standard InChI is InChI=1S/C13H19FN2O/c1-8(2)16-11-4-3-10(14)5-9(11)6-12(16)13(17)7-15/h3-5,8,12-13,17H,6-7,15H2,1-2H3. The van der Waals surface area contributed by atoms with Gasteiger partial charge in [-0.3, -0.25) is 0 Å². The fourth-order valence-electron chi connectivity index (χ4n) is 2.61. The minimum atomic E-state index is -0.576. The van der Waals surface area contributed by atoms with Gasteiger partial charge in [0.2, 0.25) is 0 Å². The zero-order valence-electron chi connectivity index (χ0n) is 10.2. The Kier molecular flexibility index (Phi) is 3.35. The van der Waals surface area contributed by atoms with E-state index in [2.05, 4.69) is 18.7 Å². The van der Waals surface area contributed by atoms with E-state index in [0.29, 0.717) is 6.42 Å². The van der Waals surface area contributed by atoms with Crippen LogP contribution in [0.5, 0.6) is 0 Å². The predicted molar refractivity (Wildman–Crippen MR) is 66.6 cm³/mol. The van der Waals surface area contributed by atoms with Crippen LogP contribution in [0.1, 0.15) is 19.4 Å². The van der Waals surface area contributed by atoms with Crippen LogP contribution >= 0.6 is 0 Å². The molecule has 17 heavy (non-hydrogen) atoms. The van der Waals surface area contributed by atoms with Gasteiger partial charge in [0.15, 0.2) is 0 Å². The highest BCUT2D eigenvalue weighted by atomic mass is 19.1. The van der Waals surface area contributed by atoms with Gasteiger partial charge in [-0.15, -0.1) is 0 Å². The summed E-state index contributed by atoms with van der Waals surface area (Å²) in [5.41, 5.74) is 7.50. The van der Waals surface area contributed by atoms with Gasteiger partial charge in [-0.1, -0.05) is 0 Å². The molecule has 1 aromatic carbocycles. The van der Waals surface area contributed by atoms with Crippen LogP contribution < -0.4 is 10.6 Å². The van der Waals surface area contributed by atoms with E-state index in [0.717, 1.165) is 11.3 Å². The molecule has 2 rings (SSSR count). The molecule has 4 heteroatoms. The van der Waals surface area contributed by atoms with Crippen LogP contribution in [0.3, 0.4) is 0 Å². The van der Waals surface area contributed by atoms with E-state index >= 15 is 0 Å². The van der Waals surface area contributed by atoms with Crippen molar-refractivity contribution < 1.29 is 9.50 Å². The number of rotatable bonds is 3. The minimum absolute atomic E-state index is 0.0446. The third kappa shape index (κ3) is 2.15. The van der Waals surface area contributed by atoms with Crippen molar-refractivity contribution in [1.29, 1.82) is 0 Å². The monoisotopic (exact) mass is 238 g/mol. The van der Waals surface area contributed by atoms with Crippen LogP contribution in [0.25, 0.3) is 0 Å². The fraction of sp³-hybridized carbons (Fsp3) is 0.538. The molecule has 94 valence electrons. The zero-order valence-corrected chi connectivity index (χ0v) is 10.2. The highest BCUT2D eigenvalue weighted by Crippen LogP contribution is 2.35. The maximum atomic E-state index is 13.2. The van der Waals surface area contributed by atoms with Gasteiger partial charge in [-0.25, -0.2) is 4.39 Å². The number of hydrogen-bond donors (Lipinski definition) is 2. The van der Waals surface area contributed by atoms with Gasteiger partial charge in [0, 0.05) is 18.3 Å². The summed E-state index contributed by atoms with van der Waals surface area (Å²) in [6.07, 6.45) is 0.0803. The first-order chi connectivity index (χ1) is 8.04. The van der Waals surface area contributed by atoms with Crippen LogP contribution in [0.4, 0.5) is 10.1 Å². The van der Waals surface area contributed by atoms with Crippen LogP contribution in [0.15, 0.2) is 18.2 Å². The van der Waals surface area contributed by atoms with Gasteiger partial charge in [0.05, 0.1) is 12.1 Å². The average Bonchev–Trinajstić information content (AvgIpc) is 2.66. The molecule has 0 aliphatic carbocycles. The number of anilines is 1. The van der Waals surface area contributed by atoms with Crippen LogP contribution in [0.2, 0.25) is 0 Å². The summed E-state index contributed by atoms with van der Waals surface area (Å²) < 4.78 is 13.2. The van der Waals surface area contributed by atoms with E-state index in [9.17, 15) is 9.50 Å². The maximum Gasteiger partial charge on any atom is 0.123 e. The summed E-state index contributed by atoms with van der Waals surface area (Å²) in [5.74, 6) is -0.227. The second-order valence-corrected chi connectivity index (χ2v) is 4.85. The van der Waals surface area contributed by atoms with E-state index in [1.807, 2.05) is 0 Å². The van der Waals surface area contributed by atoms with E-state index in [1.165, 1.54) is 6.07 Å². The largest absolute Gasteiger partial charge is 0.390 e. The van der Waals surface area contributed by atoms with Gasteiger partial charge in [-0.2, -0.15) is 0 Å². The minimum Gasteiger partial charge on any atom is -0.390 e. The molecule has 1 heterocycles. The van der Waals surface area contributed by atoms with Gasteiger partial charge in [0.1, 0.15) is 5.82 Å². The fourth-order valence-corrected chi connectivity index (χ4v) is 2.61. The number of nitrogens with zero attached hydrogens (tertiary/aromatic N) is 1. The summed E-state index contributed by atoms with van der Waals surface area (Å²) >= 11 is 0. The Bertz CT molecular complexity index is 408. The molecule has 0 amide bonds. The lowest BCUT2D eigenvalue weighted by Crippen LogP contribution is -2.48. The van der Waals surface area contributed by atoms with E-state index in [1.54, 1.807) is 12.1 Å². The number of aliphatic hydroxyl groups is 1. The molecular formula is C13H19FN2O. The third-order valence-electron chi connectivity index (χ3n) is 3.35. The lowest BCUT2D eigenvalue weighted by molar-refractivity contribution is 0.148. The molecule has 0 radical (unpaired) electrons. The maximum absolute atomic E-state index is 13.2. The lowest BCUT2D eigenvalue weighted by Gasteiger charge is -2.34. The first-order valence-electron chi connectivity index (χ1n) is 5.99. The lowest BCUT2D eigenvalue weighted by atomic mass is 10.1. The quantitative estimate of drug-likeness (QED) is 0.834. The van der Waals surface area contributed by atoms with Crippen molar-refractivity contribution in [1.82, 2.24) is 0 Å². The molecule has 2 atom stereocenters. The number of benzene rings is 1. The van der Waals surface area contributed by atoms with Crippen molar-refractivity contribution in [2.75, 3.05) is 11.4 Å². The summed E-state index contributed by atoms with van der Waals surface area (Å²) in [5, 5.41) is 9.96. The smallest absolute Gasteiger partial charge is 0.123 e. The molecule has 0 fully saturated rings. The second-order valence-electron chi connectivity index (χ2n) is 4.85. The molecular weight excluding hydrogens is 219 g/mol. The average molecular weight is 238 g/mol. The number of nitrogens with two attached hydrogens (primary N) is 1. The van der Waals surface area contributed by atoms with Crippen molar-refractivity contribution in [2.45, 2.75) is 38.5 Å². The Hall–Kier alpha value is -1.13. The number of hydrogen-bond acceptors (Lipinski definition) is 3. The van der Waals surface area contributed by atoms with Crippen molar-refractivity contribution in [3.63, 3.8) is 0 Å². The molecule has 1 aromatic rings. The molecule has 3 nitrogen and oxygen atoms in total.